The number of likely N-dealkylation sites (N-methyl/N-ethyl adjacent to an activating group) is 1. The van der Waals surface area contributed by atoms with Crippen LogP contribution in [0.15, 0.2) is 18.2 Å². The fourth-order valence-corrected chi connectivity index (χ4v) is 1.48. The van der Waals surface area contributed by atoms with E-state index < -0.39 is 5.38 Å². The van der Waals surface area contributed by atoms with E-state index in [1.165, 1.54) is 0 Å². The molecule has 0 spiro atoms. The average Bonchev–Trinajstić information content (AvgIpc) is 2.20. The molecule has 1 aromatic carbocycles. The molecule has 0 saturated heterocycles. The van der Waals surface area contributed by atoms with Crippen LogP contribution in [0.1, 0.15) is 16.5 Å². The SMILES string of the molecule is CNC(=O)C(Cl)c1ccc(C)c(Cl)c1. The first-order chi connectivity index (χ1) is 6.56. The molecule has 0 aromatic heterocycles. The Morgan fingerprint density at radius 3 is 2.64 bits per heavy atom. The molecule has 0 bridgehead atoms. The summed E-state index contributed by atoms with van der Waals surface area (Å²) in [5, 5.41) is 2.42. The van der Waals surface area contributed by atoms with Crippen molar-refractivity contribution >= 4 is 29.1 Å². The number of amides is 1. The van der Waals surface area contributed by atoms with Crippen LogP contribution in [0.5, 0.6) is 0 Å². The van der Waals surface area contributed by atoms with Crippen molar-refractivity contribution < 1.29 is 4.79 Å². The summed E-state index contributed by atoms with van der Waals surface area (Å²) in [6.07, 6.45) is 0. The van der Waals surface area contributed by atoms with Crippen molar-refractivity contribution in [1.29, 1.82) is 0 Å². The minimum atomic E-state index is -0.682. The van der Waals surface area contributed by atoms with Gasteiger partial charge >= 0.3 is 0 Å². The van der Waals surface area contributed by atoms with Gasteiger partial charge < -0.3 is 5.32 Å². The van der Waals surface area contributed by atoms with Crippen LogP contribution >= 0.6 is 23.2 Å². The van der Waals surface area contributed by atoms with Gasteiger partial charge in [-0.2, -0.15) is 0 Å². The Labute approximate surface area is 93.2 Å². The highest BCUT2D eigenvalue weighted by molar-refractivity contribution is 6.32. The summed E-state index contributed by atoms with van der Waals surface area (Å²) in [7, 11) is 1.55. The monoisotopic (exact) mass is 231 g/mol. The molecule has 0 fully saturated rings. The second kappa shape index (κ2) is 4.67. The van der Waals surface area contributed by atoms with Crippen LogP contribution in [0.2, 0.25) is 5.02 Å². The van der Waals surface area contributed by atoms with Gasteiger partial charge in [-0.3, -0.25) is 4.79 Å². The average molecular weight is 232 g/mol. The Hall–Kier alpha value is -0.730. The molecular weight excluding hydrogens is 221 g/mol. The van der Waals surface area contributed by atoms with E-state index in [-0.39, 0.29) is 5.91 Å². The van der Waals surface area contributed by atoms with E-state index in [1.807, 2.05) is 13.0 Å². The predicted molar refractivity (Wildman–Crippen MR) is 58.8 cm³/mol. The fourth-order valence-electron chi connectivity index (χ4n) is 1.04. The molecule has 0 aliphatic rings. The lowest BCUT2D eigenvalue weighted by Crippen LogP contribution is -2.22. The Morgan fingerprint density at radius 2 is 2.14 bits per heavy atom. The molecule has 0 radical (unpaired) electrons. The van der Waals surface area contributed by atoms with Gasteiger partial charge in [0, 0.05) is 12.1 Å². The molecule has 1 aromatic rings. The molecule has 76 valence electrons. The number of carbonyl (C=O) groups excluding carboxylic acids is 1. The van der Waals surface area contributed by atoms with Crippen molar-refractivity contribution in [2.24, 2.45) is 0 Å². The standard InChI is InChI=1S/C10H11Cl2NO/c1-6-3-4-7(5-8(6)11)9(12)10(14)13-2/h3-5,9H,1-2H3,(H,13,14). The van der Waals surface area contributed by atoms with Crippen molar-refractivity contribution in [3.05, 3.63) is 34.3 Å². The minimum absolute atomic E-state index is 0.230. The van der Waals surface area contributed by atoms with E-state index in [9.17, 15) is 4.79 Å². The Balaban J connectivity index is 2.96. The van der Waals surface area contributed by atoms with Crippen molar-refractivity contribution in [2.75, 3.05) is 7.05 Å². The van der Waals surface area contributed by atoms with Gasteiger partial charge in [-0.25, -0.2) is 0 Å². The first-order valence-electron chi connectivity index (χ1n) is 4.18. The number of halogens is 2. The van der Waals surface area contributed by atoms with Crippen LogP contribution in [0.3, 0.4) is 0 Å². The maximum absolute atomic E-state index is 11.2. The second-order valence-corrected chi connectivity index (χ2v) is 3.83. The van der Waals surface area contributed by atoms with Gasteiger partial charge in [0.05, 0.1) is 0 Å². The van der Waals surface area contributed by atoms with Crippen LogP contribution in [-0.2, 0) is 4.79 Å². The quantitative estimate of drug-likeness (QED) is 0.780. The van der Waals surface area contributed by atoms with E-state index in [0.29, 0.717) is 10.6 Å². The molecule has 14 heavy (non-hydrogen) atoms. The molecule has 1 unspecified atom stereocenters. The molecule has 1 rings (SSSR count). The molecule has 1 amide bonds. The lowest BCUT2D eigenvalue weighted by molar-refractivity contribution is -0.120. The molecule has 0 aliphatic carbocycles. The third-order valence-electron chi connectivity index (χ3n) is 1.97. The fraction of sp³-hybridized carbons (Fsp3) is 0.300. The molecule has 0 aliphatic heterocycles. The first kappa shape index (κ1) is 11.3. The van der Waals surface area contributed by atoms with E-state index in [4.69, 9.17) is 23.2 Å². The van der Waals surface area contributed by atoms with Gasteiger partial charge in [0.15, 0.2) is 0 Å². The summed E-state index contributed by atoms with van der Waals surface area (Å²) in [5.74, 6) is -0.230. The Bertz CT molecular complexity index is 352. The van der Waals surface area contributed by atoms with E-state index in [1.54, 1.807) is 19.2 Å². The number of hydrogen-bond donors (Lipinski definition) is 1. The summed E-state index contributed by atoms with van der Waals surface area (Å²) >= 11 is 11.8. The topological polar surface area (TPSA) is 29.1 Å². The van der Waals surface area contributed by atoms with E-state index in [0.717, 1.165) is 5.56 Å². The van der Waals surface area contributed by atoms with Crippen molar-refractivity contribution in [3.63, 3.8) is 0 Å². The van der Waals surface area contributed by atoms with E-state index in [2.05, 4.69) is 5.32 Å². The van der Waals surface area contributed by atoms with Gasteiger partial charge in [-0.1, -0.05) is 23.7 Å². The largest absolute Gasteiger partial charge is 0.358 e. The van der Waals surface area contributed by atoms with Gasteiger partial charge in [0.25, 0.3) is 0 Å². The third kappa shape index (κ3) is 2.40. The van der Waals surface area contributed by atoms with Gasteiger partial charge in [-0.15, -0.1) is 11.6 Å². The van der Waals surface area contributed by atoms with Crippen molar-refractivity contribution in [3.8, 4) is 0 Å². The molecule has 4 heteroatoms. The van der Waals surface area contributed by atoms with Crippen LogP contribution < -0.4 is 5.32 Å². The van der Waals surface area contributed by atoms with Gasteiger partial charge in [-0.05, 0) is 24.1 Å². The van der Waals surface area contributed by atoms with Crippen LogP contribution in [0.4, 0.5) is 0 Å². The second-order valence-electron chi connectivity index (χ2n) is 2.99. The Kier molecular flexibility index (Phi) is 3.78. The maximum atomic E-state index is 11.2. The summed E-state index contributed by atoms with van der Waals surface area (Å²) in [4.78, 5) is 11.2. The summed E-state index contributed by atoms with van der Waals surface area (Å²) in [5.41, 5.74) is 1.68. The number of rotatable bonds is 2. The van der Waals surface area contributed by atoms with Crippen LogP contribution in [-0.4, -0.2) is 13.0 Å². The molecular formula is C10H11Cl2NO. The highest BCUT2D eigenvalue weighted by atomic mass is 35.5. The van der Waals surface area contributed by atoms with E-state index >= 15 is 0 Å². The molecule has 0 saturated carbocycles. The third-order valence-corrected chi connectivity index (χ3v) is 2.82. The van der Waals surface area contributed by atoms with Gasteiger partial charge in [0.2, 0.25) is 5.91 Å². The lowest BCUT2D eigenvalue weighted by atomic mass is 10.1. The molecule has 0 heterocycles. The zero-order valence-electron chi connectivity index (χ0n) is 7.97. The number of alkyl halides is 1. The lowest BCUT2D eigenvalue weighted by Gasteiger charge is -2.09. The van der Waals surface area contributed by atoms with Gasteiger partial charge in [0.1, 0.15) is 5.38 Å². The highest BCUT2D eigenvalue weighted by Gasteiger charge is 2.16. The first-order valence-corrected chi connectivity index (χ1v) is 4.99. The van der Waals surface area contributed by atoms with Crippen molar-refractivity contribution in [1.82, 2.24) is 5.32 Å². The highest BCUT2D eigenvalue weighted by Crippen LogP contribution is 2.25. The van der Waals surface area contributed by atoms with Crippen LogP contribution in [0.25, 0.3) is 0 Å². The zero-order valence-corrected chi connectivity index (χ0v) is 9.49. The number of benzene rings is 1. The predicted octanol–water partition coefficient (Wildman–Crippen LogP) is 2.67. The van der Waals surface area contributed by atoms with Crippen molar-refractivity contribution in [2.45, 2.75) is 12.3 Å². The smallest absolute Gasteiger partial charge is 0.242 e. The Morgan fingerprint density at radius 1 is 1.50 bits per heavy atom. The maximum Gasteiger partial charge on any atom is 0.242 e. The number of nitrogens with one attached hydrogen (secondary N) is 1. The summed E-state index contributed by atoms with van der Waals surface area (Å²) < 4.78 is 0. The summed E-state index contributed by atoms with van der Waals surface area (Å²) in [6, 6.07) is 5.36. The zero-order chi connectivity index (χ0) is 10.7. The number of aryl methyl sites for hydroxylation is 1. The number of hydrogen-bond acceptors (Lipinski definition) is 1. The molecule has 2 nitrogen and oxygen atoms in total. The minimum Gasteiger partial charge on any atom is -0.358 e. The normalized spacial score (nSPS) is 12.3. The number of carbonyl (C=O) groups is 1. The summed E-state index contributed by atoms with van der Waals surface area (Å²) in [6.45, 7) is 1.90. The van der Waals surface area contributed by atoms with Crippen LogP contribution in [0, 0.1) is 6.92 Å². The molecule has 1 atom stereocenters. The molecule has 1 N–H and O–H groups in total.